The van der Waals surface area contributed by atoms with E-state index in [0.29, 0.717) is 18.3 Å². The Morgan fingerprint density at radius 3 is 2.76 bits per heavy atom. The van der Waals surface area contributed by atoms with Crippen LogP contribution in [0.5, 0.6) is 0 Å². The van der Waals surface area contributed by atoms with Gasteiger partial charge in [0.25, 0.3) is 0 Å². The number of hydrogen-bond acceptors (Lipinski definition) is 6. The molecule has 1 aliphatic carbocycles. The second-order valence-corrected chi connectivity index (χ2v) is 7.14. The van der Waals surface area contributed by atoms with E-state index < -0.39 is 12.1 Å². The molecule has 0 aromatic heterocycles. The highest BCUT2D eigenvalue weighted by Crippen LogP contribution is 2.52. The zero-order valence-corrected chi connectivity index (χ0v) is 12.8. The number of carbonyl (C=O) groups is 1. The largest absolute Gasteiger partial charge is 0.435 e. The van der Waals surface area contributed by atoms with Crippen molar-refractivity contribution in [2.45, 2.75) is 58.2 Å². The first-order valence-corrected chi connectivity index (χ1v) is 7.83. The van der Waals surface area contributed by atoms with E-state index >= 15 is 0 Å². The number of ether oxygens (including phenoxy) is 2. The topological polar surface area (TPSA) is 91.0 Å². The minimum Gasteiger partial charge on any atom is -0.435 e. The third kappa shape index (κ3) is 2.38. The Kier molecular flexibility index (Phi) is 3.76. The fourth-order valence-corrected chi connectivity index (χ4v) is 4.45. The van der Waals surface area contributed by atoms with E-state index in [4.69, 9.17) is 20.5 Å². The molecule has 0 bridgehead atoms. The van der Waals surface area contributed by atoms with Gasteiger partial charge in [0.15, 0.2) is 0 Å². The Balaban J connectivity index is 1.97. The van der Waals surface area contributed by atoms with Crippen LogP contribution in [0.3, 0.4) is 0 Å². The smallest absolute Gasteiger partial charge is 0.311 e. The fraction of sp³-hybridized carbons (Fsp3) is 0.933. The zero-order valence-electron chi connectivity index (χ0n) is 12.8. The van der Waals surface area contributed by atoms with E-state index in [1.807, 2.05) is 6.92 Å². The van der Waals surface area contributed by atoms with Crippen molar-refractivity contribution in [3.8, 4) is 0 Å². The van der Waals surface area contributed by atoms with Crippen molar-refractivity contribution in [2.24, 2.45) is 35.3 Å². The van der Waals surface area contributed by atoms with Crippen molar-refractivity contribution in [1.29, 1.82) is 0 Å². The monoisotopic (exact) mass is 299 g/mol. The molecule has 0 amide bonds. The lowest BCUT2D eigenvalue weighted by molar-refractivity contribution is -0.425. The fourth-order valence-electron chi connectivity index (χ4n) is 4.45. The minimum absolute atomic E-state index is 0.0876. The van der Waals surface area contributed by atoms with E-state index in [2.05, 4.69) is 11.8 Å². The lowest BCUT2D eigenvalue weighted by Gasteiger charge is -2.50. The van der Waals surface area contributed by atoms with Crippen LogP contribution in [-0.4, -0.2) is 29.3 Å². The lowest BCUT2D eigenvalue weighted by Crippen LogP contribution is -2.56. The molecule has 6 heteroatoms. The van der Waals surface area contributed by atoms with E-state index in [1.165, 1.54) is 0 Å². The van der Waals surface area contributed by atoms with Gasteiger partial charge in [0.1, 0.15) is 0 Å². The van der Waals surface area contributed by atoms with E-state index in [1.54, 1.807) is 6.92 Å². The molecule has 3 N–H and O–H groups in total. The number of nitrogens with two attached hydrogens (primary N) is 1. The molecular weight excluding hydrogens is 274 g/mol. The first-order chi connectivity index (χ1) is 9.86. The van der Waals surface area contributed by atoms with Crippen molar-refractivity contribution in [3.63, 3.8) is 0 Å². The van der Waals surface area contributed by atoms with Crippen LogP contribution in [0.4, 0.5) is 0 Å². The first kappa shape index (κ1) is 15.2. The van der Waals surface area contributed by atoms with E-state index in [9.17, 15) is 4.79 Å². The summed E-state index contributed by atoms with van der Waals surface area (Å²) in [7, 11) is 0. The Bertz CT molecular complexity index is 430. The van der Waals surface area contributed by atoms with Gasteiger partial charge < -0.3 is 15.2 Å². The standard InChI is InChI=1S/C15H25NO5/c1-7-9-4-5-15(3,21-18)20-14-12(9)10(6-11(7)16)8(2)13(17)19-14/h7-12,14,18H,4-6,16H2,1-3H3/t7-,8+,9?,10-,11+,12?,14+,15+/m0/s1. The second-order valence-electron chi connectivity index (χ2n) is 7.14. The maximum Gasteiger partial charge on any atom is 0.311 e. The van der Waals surface area contributed by atoms with Crippen molar-refractivity contribution in [3.05, 3.63) is 0 Å². The average Bonchev–Trinajstić information content (AvgIpc) is 2.59. The predicted molar refractivity (Wildman–Crippen MR) is 73.7 cm³/mol. The molecule has 2 aliphatic heterocycles. The Morgan fingerprint density at radius 2 is 2.10 bits per heavy atom. The molecule has 2 heterocycles. The third-order valence-corrected chi connectivity index (χ3v) is 5.93. The van der Waals surface area contributed by atoms with Gasteiger partial charge in [-0.2, -0.15) is 0 Å². The van der Waals surface area contributed by atoms with Crippen LogP contribution >= 0.6 is 0 Å². The van der Waals surface area contributed by atoms with Crippen molar-refractivity contribution < 1.29 is 24.4 Å². The van der Waals surface area contributed by atoms with Gasteiger partial charge in [-0.05, 0) is 37.5 Å². The molecule has 3 aliphatic rings. The van der Waals surface area contributed by atoms with Crippen LogP contribution in [0, 0.1) is 29.6 Å². The highest BCUT2D eigenvalue weighted by atomic mass is 17.1. The van der Waals surface area contributed by atoms with Gasteiger partial charge in [0.2, 0.25) is 12.1 Å². The molecule has 3 fully saturated rings. The first-order valence-electron chi connectivity index (χ1n) is 7.83. The molecule has 120 valence electrons. The highest BCUT2D eigenvalue weighted by Gasteiger charge is 2.56. The SMILES string of the molecule is C[C@H]1C(=O)O[C@@H]2O[C@](C)(OO)CCC3C2[C@H]1C[C@@H](N)[C@H]3C. The Labute approximate surface area is 124 Å². The summed E-state index contributed by atoms with van der Waals surface area (Å²) in [5.41, 5.74) is 6.31. The van der Waals surface area contributed by atoms with Crippen molar-refractivity contribution in [2.75, 3.05) is 0 Å². The molecule has 0 spiro atoms. The summed E-state index contributed by atoms with van der Waals surface area (Å²) < 4.78 is 11.3. The van der Waals surface area contributed by atoms with Gasteiger partial charge in [-0.25, -0.2) is 10.1 Å². The highest BCUT2D eigenvalue weighted by molar-refractivity contribution is 5.73. The maximum atomic E-state index is 12.1. The van der Waals surface area contributed by atoms with Crippen LogP contribution in [0.15, 0.2) is 0 Å². The molecule has 1 saturated carbocycles. The quantitative estimate of drug-likeness (QED) is 0.435. The number of carbonyl (C=O) groups excluding carboxylic acids is 1. The average molecular weight is 299 g/mol. The van der Waals surface area contributed by atoms with Crippen molar-refractivity contribution >= 4 is 5.97 Å². The number of esters is 1. The molecule has 3 rings (SSSR count). The molecule has 0 radical (unpaired) electrons. The van der Waals surface area contributed by atoms with Gasteiger partial charge >= 0.3 is 5.97 Å². The van der Waals surface area contributed by atoms with Crippen LogP contribution in [0.25, 0.3) is 0 Å². The summed E-state index contributed by atoms with van der Waals surface area (Å²) in [6.07, 6.45) is 1.55. The molecule has 8 atom stereocenters. The summed E-state index contributed by atoms with van der Waals surface area (Å²) in [5.74, 6) is -0.576. The molecule has 21 heavy (non-hydrogen) atoms. The maximum absolute atomic E-state index is 12.1. The lowest BCUT2D eigenvalue weighted by atomic mass is 9.60. The molecular formula is C15H25NO5. The molecule has 6 nitrogen and oxygen atoms in total. The van der Waals surface area contributed by atoms with Crippen LogP contribution < -0.4 is 5.73 Å². The number of hydrogen-bond donors (Lipinski definition) is 2. The van der Waals surface area contributed by atoms with Gasteiger partial charge in [0, 0.05) is 18.4 Å². The van der Waals surface area contributed by atoms with Crippen molar-refractivity contribution in [1.82, 2.24) is 0 Å². The summed E-state index contributed by atoms with van der Waals surface area (Å²) >= 11 is 0. The number of rotatable bonds is 1. The normalized spacial score (nSPS) is 53.6. The summed E-state index contributed by atoms with van der Waals surface area (Å²) in [6.45, 7) is 5.75. The van der Waals surface area contributed by atoms with Crippen LogP contribution in [0.2, 0.25) is 0 Å². The molecule has 0 aromatic carbocycles. The van der Waals surface area contributed by atoms with Gasteiger partial charge in [0.05, 0.1) is 5.92 Å². The van der Waals surface area contributed by atoms with Crippen LogP contribution in [-0.2, 0) is 19.2 Å². The summed E-state index contributed by atoms with van der Waals surface area (Å²) in [5, 5.41) is 9.15. The van der Waals surface area contributed by atoms with Gasteiger partial charge in [-0.1, -0.05) is 13.8 Å². The Morgan fingerprint density at radius 1 is 1.38 bits per heavy atom. The molecule has 2 saturated heterocycles. The third-order valence-electron chi connectivity index (χ3n) is 5.93. The second kappa shape index (κ2) is 5.19. The van der Waals surface area contributed by atoms with E-state index in [-0.39, 0.29) is 29.8 Å². The van der Waals surface area contributed by atoms with Gasteiger partial charge in [-0.3, -0.25) is 4.79 Å². The molecule has 2 unspecified atom stereocenters. The van der Waals surface area contributed by atoms with Crippen LogP contribution in [0.1, 0.15) is 40.0 Å². The minimum atomic E-state index is -1.13. The van der Waals surface area contributed by atoms with Gasteiger partial charge in [-0.15, -0.1) is 0 Å². The summed E-state index contributed by atoms with van der Waals surface area (Å²) in [4.78, 5) is 16.6. The van der Waals surface area contributed by atoms with E-state index in [0.717, 1.165) is 12.8 Å². The molecule has 0 aromatic rings. The Hall–Kier alpha value is -0.690. The zero-order chi connectivity index (χ0) is 15.4. The predicted octanol–water partition coefficient (Wildman–Crippen LogP) is 1.74. The summed E-state index contributed by atoms with van der Waals surface area (Å²) in [6, 6.07) is 0.0876.